The molecule has 1 atom stereocenters. The van der Waals surface area contributed by atoms with Gasteiger partial charge in [0.2, 0.25) is 0 Å². The van der Waals surface area contributed by atoms with Crippen molar-refractivity contribution in [3.8, 4) is 0 Å². The number of aliphatic hydroxyl groups is 1. The molecule has 3 heteroatoms. The van der Waals surface area contributed by atoms with Crippen LogP contribution in [0.4, 0.5) is 0 Å². The fourth-order valence-corrected chi connectivity index (χ4v) is 2.63. The number of aromatic nitrogens is 1. The van der Waals surface area contributed by atoms with Crippen molar-refractivity contribution < 1.29 is 5.11 Å². The van der Waals surface area contributed by atoms with E-state index >= 15 is 0 Å². The van der Waals surface area contributed by atoms with Crippen molar-refractivity contribution in [2.45, 2.75) is 25.5 Å². The zero-order chi connectivity index (χ0) is 11.7. The number of hydrogen-bond donors (Lipinski definition) is 2. The van der Waals surface area contributed by atoms with Crippen LogP contribution in [-0.4, -0.2) is 34.2 Å². The number of hydrogen-bond acceptors (Lipinski definition) is 2. The van der Waals surface area contributed by atoms with E-state index in [4.69, 9.17) is 0 Å². The lowest BCUT2D eigenvalue weighted by atomic mass is 10.1. The monoisotopic (exact) mass is 230 g/mol. The first-order valence-electron chi connectivity index (χ1n) is 6.28. The van der Waals surface area contributed by atoms with Crippen LogP contribution in [0.15, 0.2) is 30.5 Å². The molecule has 0 saturated carbocycles. The molecule has 17 heavy (non-hydrogen) atoms. The molecule has 1 aliphatic rings. The predicted octanol–water partition coefficient (Wildman–Crippen LogP) is 2.12. The lowest BCUT2D eigenvalue weighted by molar-refractivity contribution is 0.0668. The SMILES string of the molecule is O[C@@H]1CCCN(Cc2ccc3[nH]ccc3c2)C1. The fourth-order valence-electron chi connectivity index (χ4n) is 2.63. The van der Waals surface area contributed by atoms with Gasteiger partial charge in [0.15, 0.2) is 0 Å². The number of nitrogens with zero attached hydrogens (tertiary/aromatic N) is 1. The molecule has 2 N–H and O–H groups in total. The molecular weight excluding hydrogens is 212 g/mol. The van der Waals surface area contributed by atoms with Crippen LogP contribution in [0.5, 0.6) is 0 Å². The second-order valence-electron chi connectivity index (χ2n) is 4.93. The van der Waals surface area contributed by atoms with Gasteiger partial charge in [-0.1, -0.05) is 6.07 Å². The van der Waals surface area contributed by atoms with Crippen LogP contribution in [0.25, 0.3) is 10.9 Å². The average molecular weight is 230 g/mol. The van der Waals surface area contributed by atoms with Crippen molar-refractivity contribution in [3.05, 3.63) is 36.0 Å². The Hall–Kier alpha value is -1.32. The van der Waals surface area contributed by atoms with Crippen LogP contribution < -0.4 is 0 Å². The first-order chi connectivity index (χ1) is 8.31. The maximum atomic E-state index is 9.65. The highest BCUT2D eigenvalue weighted by Crippen LogP contribution is 2.18. The van der Waals surface area contributed by atoms with Gasteiger partial charge in [-0.05, 0) is 48.5 Å². The van der Waals surface area contributed by atoms with Gasteiger partial charge in [0.05, 0.1) is 6.10 Å². The first kappa shape index (κ1) is 10.8. The molecule has 1 fully saturated rings. The maximum Gasteiger partial charge on any atom is 0.0667 e. The minimum absolute atomic E-state index is 0.139. The minimum Gasteiger partial charge on any atom is -0.392 e. The largest absolute Gasteiger partial charge is 0.392 e. The van der Waals surface area contributed by atoms with E-state index in [1.807, 2.05) is 6.20 Å². The van der Waals surface area contributed by atoms with Gasteiger partial charge in [0.25, 0.3) is 0 Å². The van der Waals surface area contributed by atoms with Gasteiger partial charge in [-0.15, -0.1) is 0 Å². The van der Waals surface area contributed by atoms with Crippen LogP contribution in [-0.2, 0) is 6.54 Å². The summed E-state index contributed by atoms with van der Waals surface area (Å²) in [4.78, 5) is 5.54. The fraction of sp³-hybridized carbons (Fsp3) is 0.429. The number of β-amino-alcohol motifs (C(OH)–C–C–N with tert-alkyl or cyclic N) is 1. The molecule has 3 nitrogen and oxygen atoms in total. The third-order valence-electron chi connectivity index (χ3n) is 3.50. The normalized spacial score (nSPS) is 22.1. The number of fused-ring (bicyclic) bond motifs is 1. The molecule has 0 spiro atoms. The standard InChI is InChI=1S/C14H18N2O/c17-13-2-1-7-16(10-13)9-11-3-4-14-12(8-11)5-6-15-14/h3-6,8,13,15,17H,1-2,7,9-10H2/t13-/m1/s1. The molecule has 2 aromatic rings. The molecule has 3 rings (SSSR count). The van der Waals surface area contributed by atoms with Crippen LogP contribution in [0.1, 0.15) is 18.4 Å². The number of aliphatic hydroxyl groups excluding tert-OH is 1. The van der Waals surface area contributed by atoms with E-state index < -0.39 is 0 Å². The Morgan fingerprint density at radius 2 is 2.29 bits per heavy atom. The molecule has 0 radical (unpaired) electrons. The van der Waals surface area contributed by atoms with Crippen molar-refractivity contribution in [2.24, 2.45) is 0 Å². The Labute approximate surface area is 101 Å². The van der Waals surface area contributed by atoms with Gasteiger partial charge >= 0.3 is 0 Å². The highest BCUT2D eigenvalue weighted by molar-refractivity contribution is 5.79. The Balaban J connectivity index is 1.75. The minimum atomic E-state index is -0.139. The summed E-state index contributed by atoms with van der Waals surface area (Å²) in [7, 11) is 0. The van der Waals surface area contributed by atoms with E-state index in [0.717, 1.165) is 32.5 Å². The number of piperidine rings is 1. The molecule has 1 saturated heterocycles. The Kier molecular flexibility index (Phi) is 2.87. The lowest BCUT2D eigenvalue weighted by Crippen LogP contribution is -2.37. The molecule has 1 aromatic heterocycles. The summed E-state index contributed by atoms with van der Waals surface area (Å²) in [5.74, 6) is 0. The Morgan fingerprint density at radius 3 is 3.18 bits per heavy atom. The number of nitrogens with one attached hydrogen (secondary N) is 1. The summed E-state index contributed by atoms with van der Waals surface area (Å²) in [5.41, 5.74) is 2.51. The molecule has 1 aliphatic heterocycles. The highest BCUT2D eigenvalue weighted by Gasteiger charge is 2.17. The summed E-state index contributed by atoms with van der Waals surface area (Å²) in [6.07, 6.45) is 3.89. The van der Waals surface area contributed by atoms with Crippen LogP contribution in [0.3, 0.4) is 0 Å². The number of likely N-dealkylation sites (tertiary alicyclic amines) is 1. The summed E-state index contributed by atoms with van der Waals surface area (Å²) in [6.45, 7) is 2.85. The third kappa shape index (κ3) is 2.35. The van der Waals surface area contributed by atoms with E-state index in [-0.39, 0.29) is 6.10 Å². The van der Waals surface area contributed by atoms with Gasteiger partial charge in [-0.2, -0.15) is 0 Å². The van der Waals surface area contributed by atoms with Gasteiger partial charge in [-0.3, -0.25) is 4.90 Å². The highest BCUT2D eigenvalue weighted by atomic mass is 16.3. The van der Waals surface area contributed by atoms with E-state index in [9.17, 15) is 5.11 Å². The maximum absolute atomic E-state index is 9.65. The molecular formula is C14H18N2O. The van der Waals surface area contributed by atoms with Crippen LogP contribution in [0, 0.1) is 0 Å². The van der Waals surface area contributed by atoms with Crippen molar-refractivity contribution in [1.82, 2.24) is 9.88 Å². The Bertz CT molecular complexity index is 506. The molecule has 90 valence electrons. The molecule has 2 heterocycles. The molecule has 1 aromatic carbocycles. The van der Waals surface area contributed by atoms with Crippen molar-refractivity contribution >= 4 is 10.9 Å². The quantitative estimate of drug-likeness (QED) is 0.829. The van der Waals surface area contributed by atoms with E-state index in [0.29, 0.717) is 0 Å². The number of benzene rings is 1. The third-order valence-corrected chi connectivity index (χ3v) is 3.50. The number of H-pyrrole nitrogens is 1. The Morgan fingerprint density at radius 1 is 1.35 bits per heavy atom. The lowest BCUT2D eigenvalue weighted by Gasteiger charge is -2.29. The smallest absolute Gasteiger partial charge is 0.0667 e. The van der Waals surface area contributed by atoms with Gasteiger partial charge in [-0.25, -0.2) is 0 Å². The van der Waals surface area contributed by atoms with Crippen LogP contribution >= 0.6 is 0 Å². The summed E-state index contributed by atoms with van der Waals surface area (Å²) in [5, 5.41) is 10.9. The molecule has 0 aliphatic carbocycles. The molecule has 0 bridgehead atoms. The summed E-state index contributed by atoms with van der Waals surface area (Å²) >= 11 is 0. The first-order valence-corrected chi connectivity index (χ1v) is 6.28. The van der Waals surface area contributed by atoms with Gasteiger partial charge in [0, 0.05) is 24.8 Å². The van der Waals surface area contributed by atoms with Crippen molar-refractivity contribution in [1.29, 1.82) is 0 Å². The van der Waals surface area contributed by atoms with Crippen molar-refractivity contribution in [2.75, 3.05) is 13.1 Å². The van der Waals surface area contributed by atoms with Gasteiger partial charge < -0.3 is 10.1 Å². The number of rotatable bonds is 2. The molecule has 0 amide bonds. The zero-order valence-electron chi connectivity index (χ0n) is 9.89. The second-order valence-corrected chi connectivity index (χ2v) is 4.93. The van der Waals surface area contributed by atoms with Gasteiger partial charge in [0.1, 0.15) is 0 Å². The van der Waals surface area contributed by atoms with Crippen molar-refractivity contribution in [3.63, 3.8) is 0 Å². The second kappa shape index (κ2) is 4.51. The summed E-state index contributed by atoms with van der Waals surface area (Å²) < 4.78 is 0. The van der Waals surface area contributed by atoms with E-state index in [2.05, 4.69) is 34.1 Å². The number of aromatic amines is 1. The van der Waals surface area contributed by atoms with E-state index in [1.54, 1.807) is 0 Å². The van der Waals surface area contributed by atoms with Crippen LogP contribution in [0.2, 0.25) is 0 Å². The summed E-state index contributed by atoms with van der Waals surface area (Å²) in [6, 6.07) is 8.63. The zero-order valence-corrected chi connectivity index (χ0v) is 9.89. The average Bonchev–Trinajstić information content (AvgIpc) is 2.76. The molecule has 0 unspecified atom stereocenters. The van der Waals surface area contributed by atoms with E-state index in [1.165, 1.54) is 16.5 Å². The topological polar surface area (TPSA) is 39.3 Å². The predicted molar refractivity (Wildman–Crippen MR) is 68.8 cm³/mol.